The molecule has 1 aliphatic heterocycles. The first kappa shape index (κ1) is 18.6. The number of sulfonamides is 1. The SMILES string of the molecule is O=C1NCC(Cl)CC1S(=O)(=O)Nc1cc(-c2ccccc2)c(F)cc1F. The number of anilines is 1. The van der Waals surface area contributed by atoms with Crippen molar-refractivity contribution < 1.29 is 22.0 Å². The molecule has 26 heavy (non-hydrogen) atoms. The number of halogens is 3. The van der Waals surface area contributed by atoms with Crippen molar-refractivity contribution in [1.82, 2.24) is 5.32 Å². The molecule has 0 aromatic heterocycles. The highest BCUT2D eigenvalue weighted by Gasteiger charge is 2.38. The van der Waals surface area contributed by atoms with Gasteiger partial charge in [-0.1, -0.05) is 30.3 Å². The smallest absolute Gasteiger partial charge is 0.244 e. The largest absolute Gasteiger partial charge is 0.353 e. The van der Waals surface area contributed by atoms with Crippen LogP contribution >= 0.6 is 11.6 Å². The number of carbonyl (C=O) groups excluding carboxylic acids is 1. The Bertz CT molecular complexity index is 939. The summed E-state index contributed by atoms with van der Waals surface area (Å²) in [6.07, 6.45) is -0.100. The number of alkyl halides is 1. The monoisotopic (exact) mass is 400 g/mol. The fourth-order valence-electron chi connectivity index (χ4n) is 2.71. The van der Waals surface area contributed by atoms with Gasteiger partial charge < -0.3 is 5.32 Å². The highest BCUT2D eigenvalue weighted by molar-refractivity contribution is 7.94. The van der Waals surface area contributed by atoms with E-state index < -0.39 is 43.9 Å². The summed E-state index contributed by atoms with van der Waals surface area (Å²) in [4.78, 5) is 11.9. The average Bonchev–Trinajstić information content (AvgIpc) is 2.60. The Morgan fingerprint density at radius 1 is 1.12 bits per heavy atom. The summed E-state index contributed by atoms with van der Waals surface area (Å²) >= 11 is 5.91. The molecule has 1 saturated heterocycles. The van der Waals surface area contributed by atoms with E-state index in [1.165, 1.54) is 0 Å². The minimum absolute atomic E-state index is 0.0352. The topological polar surface area (TPSA) is 75.3 Å². The van der Waals surface area contributed by atoms with Crippen LogP contribution in [0, 0.1) is 11.6 Å². The Kier molecular flexibility index (Phi) is 5.15. The molecule has 2 aromatic rings. The van der Waals surface area contributed by atoms with Crippen LogP contribution < -0.4 is 10.0 Å². The summed E-state index contributed by atoms with van der Waals surface area (Å²) in [6, 6.07) is 9.98. The summed E-state index contributed by atoms with van der Waals surface area (Å²) in [5.74, 6) is -2.61. The molecule has 2 aromatic carbocycles. The normalized spacial score (nSPS) is 20.5. The molecule has 9 heteroatoms. The van der Waals surface area contributed by atoms with Crippen LogP contribution in [0.5, 0.6) is 0 Å². The molecule has 1 fully saturated rings. The second-order valence-electron chi connectivity index (χ2n) is 5.89. The summed E-state index contributed by atoms with van der Waals surface area (Å²) in [5.41, 5.74) is 0.0597. The Labute approximate surface area is 154 Å². The molecule has 0 spiro atoms. The molecule has 1 heterocycles. The zero-order valence-corrected chi connectivity index (χ0v) is 14.9. The van der Waals surface area contributed by atoms with Crippen molar-refractivity contribution >= 4 is 33.2 Å². The van der Waals surface area contributed by atoms with Crippen LogP contribution in [0.4, 0.5) is 14.5 Å². The molecule has 1 amide bonds. The number of nitrogens with one attached hydrogen (secondary N) is 2. The van der Waals surface area contributed by atoms with Gasteiger partial charge >= 0.3 is 0 Å². The van der Waals surface area contributed by atoms with Gasteiger partial charge in [-0.05, 0) is 18.1 Å². The van der Waals surface area contributed by atoms with Crippen LogP contribution in [0.1, 0.15) is 6.42 Å². The lowest BCUT2D eigenvalue weighted by atomic mass is 10.0. The minimum Gasteiger partial charge on any atom is -0.353 e. The number of piperidine rings is 1. The fourth-order valence-corrected chi connectivity index (χ4v) is 4.52. The fraction of sp³-hybridized carbons (Fsp3) is 0.235. The average molecular weight is 401 g/mol. The maximum atomic E-state index is 14.1. The zero-order chi connectivity index (χ0) is 18.9. The van der Waals surface area contributed by atoms with Gasteiger partial charge in [-0.15, -0.1) is 11.6 Å². The van der Waals surface area contributed by atoms with Crippen molar-refractivity contribution in [3.63, 3.8) is 0 Å². The lowest BCUT2D eigenvalue weighted by molar-refractivity contribution is -0.121. The van der Waals surface area contributed by atoms with Gasteiger partial charge in [0.2, 0.25) is 15.9 Å². The number of benzene rings is 2. The molecule has 0 radical (unpaired) electrons. The van der Waals surface area contributed by atoms with Crippen LogP contribution in [-0.4, -0.2) is 31.5 Å². The predicted octanol–water partition coefficient (Wildman–Crippen LogP) is 2.87. The number of hydrogen-bond acceptors (Lipinski definition) is 3. The van der Waals surface area contributed by atoms with Gasteiger partial charge in [-0.2, -0.15) is 0 Å². The zero-order valence-electron chi connectivity index (χ0n) is 13.4. The summed E-state index contributed by atoms with van der Waals surface area (Å²) in [6.45, 7) is 0.162. The third-order valence-electron chi connectivity index (χ3n) is 4.03. The Hall–Kier alpha value is -2.19. The first-order valence-electron chi connectivity index (χ1n) is 7.76. The quantitative estimate of drug-likeness (QED) is 0.775. The van der Waals surface area contributed by atoms with Gasteiger partial charge in [-0.25, -0.2) is 17.2 Å². The third-order valence-corrected chi connectivity index (χ3v) is 6.02. The van der Waals surface area contributed by atoms with Gasteiger partial charge in [0.1, 0.15) is 11.6 Å². The van der Waals surface area contributed by atoms with Crippen molar-refractivity contribution in [3.8, 4) is 11.1 Å². The van der Waals surface area contributed by atoms with Crippen molar-refractivity contribution in [2.45, 2.75) is 17.0 Å². The van der Waals surface area contributed by atoms with Crippen molar-refractivity contribution in [1.29, 1.82) is 0 Å². The highest BCUT2D eigenvalue weighted by atomic mass is 35.5. The van der Waals surface area contributed by atoms with E-state index >= 15 is 0 Å². The molecule has 1 aliphatic rings. The van der Waals surface area contributed by atoms with E-state index in [4.69, 9.17) is 11.6 Å². The Morgan fingerprint density at radius 2 is 1.81 bits per heavy atom. The second kappa shape index (κ2) is 7.20. The van der Waals surface area contributed by atoms with Crippen LogP contribution in [0.15, 0.2) is 42.5 Å². The van der Waals surface area contributed by atoms with Gasteiger partial charge in [0.25, 0.3) is 0 Å². The van der Waals surface area contributed by atoms with Crippen LogP contribution in [0.2, 0.25) is 0 Å². The molecule has 2 unspecified atom stereocenters. The molecule has 2 N–H and O–H groups in total. The number of amides is 1. The highest BCUT2D eigenvalue weighted by Crippen LogP contribution is 2.29. The Balaban J connectivity index is 1.95. The molecular weight excluding hydrogens is 386 g/mol. The molecule has 0 bridgehead atoms. The van der Waals surface area contributed by atoms with Crippen LogP contribution in [-0.2, 0) is 14.8 Å². The lowest BCUT2D eigenvalue weighted by Gasteiger charge is -2.25. The van der Waals surface area contributed by atoms with Crippen molar-refractivity contribution in [2.75, 3.05) is 11.3 Å². The summed E-state index contributed by atoms with van der Waals surface area (Å²) in [5, 5.41) is 0.387. The lowest BCUT2D eigenvalue weighted by Crippen LogP contribution is -2.50. The standard InChI is InChI=1S/C17H15ClF2N2O3S/c18-11-6-16(17(23)21-9-11)26(24,25)22-15-7-12(13(19)8-14(15)20)10-4-2-1-3-5-10/h1-5,7-8,11,16,22H,6,9H2,(H,21,23). The van der Waals surface area contributed by atoms with Gasteiger partial charge in [0.05, 0.1) is 11.1 Å². The van der Waals surface area contributed by atoms with E-state index in [2.05, 4.69) is 10.0 Å². The number of carbonyl (C=O) groups is 1. The van der Waals surface area contributed by atoms with Crippen molar-refractivity contribution in [2.24, 2.45) is 0 Å². The first-order chi connectivity index (χ1) is 12.3. The number of rotatable bonds is 4. The van der Waals surface area contributed by atoms with E-state index in [1.807, 2.05) is 0 Å². The summed E-state index contributed by atoms with van der Waals surface area (Å²) in [7, 11) is -4.26. The predicted molar refractivity (Wildman–Crippen MR) is 95.4 cm³/mol. The molecule has 0 saturated carbocycles. The molecule has 3 rings (SSSR count). The minimum atomic E-state index is -4.26. The van der Waals surface area contributed by atoms with Crippen LogP contribution in [0.3, 0.4) is 0 Å². The maximum absolute atomic E-state index is 14.1. The molecular formula is C17H15ClF2N2O3S. The number of hydrogen-bond donors (Lipinski definition) is 2. The van der Waals surface area contributed by atoms with E-state index in [1.54, 1.807) is 30.3 Å². The van der Waals surface area contributed by atoms with Crippen molar-refractivity contribution in [3.05, 3.63) is 54.1 Å². The maximum Gasteiger partial charge on any atom is 0.244 e. The Morgan fingerprint density at radius 3 is 2.50 bits per heavy atom. The molecule has 2 atom stereocenters. The second-order valence-corrected chi connectivity index (χ2v) is 8.37. The van der Waals surface area contributed by atoms with E-state index in [0.717, 1.165) is 6.07 Å². The van der Waals surface area contributed by atoms with Gasteiger partial charge in [0.15, 0.2) is 5.25 Å². The molecule has 0 aliphatic carbocycles. The van der Waals surface area contributed by atoms with Crippen LogP contribution in [0.25, 0.3) is 11.1 Å². The third kappa shape index (κ3) is 3.81. The van der Waals surface area contributed by atoms with E-state index in [-0.39, 0.29) is 18.5 Å². The molecule has 5 nitrogen and oxygen atoms in total. The van der Waals surface area contributed by atoms with E-state index in [0.29, 0.717) is 11.6 Å². The van der Waals surface area contributed by atoms with Gasteiger partial charge in [0, 0.05) is 18.2 Å². The first-order valence-corrected chi connectivity index (χ1v) is 9.74. The van der Waals surface area contributed by atoms with Gasteiger partial charge in [-0.3, -0.25) is 9.52 Å². The summed E-state index contributed by atoms with van der Waals surface area (Å²) < 4.78 is 55.3. The van der Waals surface area contributed by atoms with E-state index in [9.17, 15) is 22.0 Å². The molecule has 138 valence electrons.